The van der Waals surface area contributed by atoms with Crippen LogP contribution in [0.4, 0.5) is 5.69 Å². The van der Waals surface area contributed by atoms with Crippen molar-refractivity contribution in [3.05, 3.63) is 64.8 Å². The maximum absolute atomic E-state index is 10.2. The van der Waals surface area contributed by atoms with Crippen LogP contribution >= 0.6 is 0 Å². The van der Waals surface area contributed by atoms with E-state index >= 15 is 0 Å². The average Bonchev–Trinajstić information content (AvgIpc) is 3.32. The van der Waals surface area contributed by atoms with E-state index in [4.69, 9.17) is 9.47 Å². The van der Waals surface area contributed by atoms with Crippen LogP contribution in [-0.2, 0) is 24.4 Å². The van der Waals surface area contributed by atoms with Gasteiger partial charge >= 0.3 is 0 Å². The van der Waals surface area contributed by atoms with Gasteiger partial charge in [-0.1, -0.05) is 12.1 Å². The first kappa shape index (κ1) is 19.2. The molecule has 5 rings (SSSR count). The molecule has 1 fully saturated rings. The minimum Gasteiger partial charge on any atom is -0.496 e. The second kappa shape index (κ2) is 7.80. The van der Waals surface area contributed by atoms with Gasteiger partial charge in [-0.2, -0.15) is 0 Å². The van der Waals surface area contributed by atoms with Crippen molar-refractivity contribution >= 4 is 5.69 Å². The van der Waals surface area contributed by atoms with E-state index in [1.807, 2.05) is 24.3 Å². The Hall–Kier alpha value is -2.80. The van der Waals surface area contributed by atoms with Gasteiger partial charge in [0.15, 0.2) is 0 Å². The van der Waals surface area contributed by atoms with Crippen molar-refractivity contribution in [1.82, 2.24) is 4.57 Å². The highest BCUT2D eigenvalue weighted by Gasteiger charge is 2.31. The van der Waals surface area contributed by atoms with Crippen molar-refractivity contribution in [2.75, 3.05) is 38.3 Å². The molecular formula is C24H26N2O4. The van der Waals surface area contributed by atoms with Gasteiger partial charge in [-0.25, -0.2) is 0 Å². The van der Waals surface area contributed by atoms with Crippen LogP contribution in [0.2, 0.25) is 0 Å². The SMILES string of the molecule is COc1ccccc1-c1c(CO)c(CO)c2n1-c1ccc(N3CCOCC3)cc1C2. The molecule has 6 nitrogen and oxygen atoms in total. The molecule has 0 unspecified atom stereocenters. The summed E-state index contributed by atoms with van der Waals surface area (Å²) in [7, 11) is 1.65. The van der Waals surface area contributed by atoms with E-state index in [1.165, 1.54) is 11.3 Å². The number of benzene rings is 2. The lowest BCUT2D eigenvalue weighted by atomic mass is 10.0. The molecule has 2 aliphatic heterocycles. The number of nitrogens with zero attached hydrogens (tertiary/aromatic N) is 2. The first-order valence-electron chi connectivity index (χ1n) is 10.3. The summed E-state index contributed by atoms with van der Waals surface area (Å²) in [4.78, 5) is 2.35. The molecule has 1 saturated heterocycles. The topological polar surface area (TPSA) is 67.1 Å². The minimum atomic E-state index is -0.134. The van der Waals surface area contributed by atoms with Crippen molar-refractivity contribution in [1.29, 1.82) is 0 Å². The van der Waals surface area contributed by atoms with Gasteiger partial charge in [0.1, 0.15) is 5.75 Å². The number of aliphatic hydroxyl groups is 2. The molecule has 1 aromatic heterocycles. The third kappa shape index (κ3) is 2.91. The van der Waals surface area contributed by atoms with E-state index in [0.717, 1.165) is 72.2 Å². The van der Waals surface area contributed by atoms with Crippen molar-refractivity contribution in [2.24, 2.45) is 0 Å². The lowest BCUT2D eigenvalue weighted by Gasteiger charge is -2.29. The second-order valence-corrected chi connectivity index (χ2v) is 7.69. The van der Waals surface area contributed by atoms with Gasteiger partial charge in [-0.3, -0.25) is 0 Å². The van der Waals surface area contributed by atoms with Gasteiger partial charge in [-0.15, -0.1) is 0 Å². The first-order chi connectivity index (χ1) is 14.8. The molecule has 0 saturated carbocycles. The number of morpholine rings is 1. The summed E-state index contributed by atoms with van der Waals surface area (Å²) in [5.41, 5.74) is 7.94. The number of para-hydroxylation sites is 1. The summed E-state index contributed by atoms with van der Waals surface area (Å²) >= 11 is 0. The summed E-state index contributed by atoms with van der Waals surface area (Å²) in [6.45, 7) is 3.06. The van der Waals surface area contributed by atoms with Crippen LogP contribution in [0, 0.1) is 0 Å². The minimum absolute atomic E-state index is 0.106. The average molecular weight is 406 g/mol. The van der Waals surface area contributed by atoms with Crippen molar-refractivity contribution < 1.29 is 19.7 Å². The number of anilines is 1. The molecule has 2 N–H and O–H groups in total. The van der Waals surface area contributed by atoms with Crippen LogP contribution in [0.3, 0.4) is 0 Å². The third-order valence-electron chi connectivity index (χ3n) is 6.21. The molecule has 0 atom stereocenters. The van der Waals surface area contributed by atoms with Gasteiger partial charge in [0.25, 0.3) is 0 Å². The first-order valence-corrected chi connectivity index (χ1v) is 10.3. The Bertz CT molecular complexity index is 1080. The number of aliphatic hydroxyl groups excluding tert-OH is 2. The second-order valence-electron chi connectivity index (χ2n) is 7.69. The molecule has 2 aromatic carbocycles. The third-order valence-corrected chi connectivity index (χ3v) is 6.21. The van der Waals surface area contributed by atoms with E-state index in [2.05, 4.69) is 27.7 Å². The van der Waals surface area contributed by atoms with E-state index in [1.54, 1.807) is 7.11 Å². The summed E-state index contributed by atoms with van der Waals surface area (Å²) < 4.78 is 13.3. The maximum atomic E-state index is 10.2. The number of ether oxygens (including phenoxy) is 2. The van der Waals surface area contributed by atoms with Crippen molar-refractivity contribution in [3.8, 4) is 22.7 Å². The Kier molecular flexibility index (Phi) is 4.98. The number of methoxy groups -OCH3 is 1. The van der Waals surface area contributed by atoms with E-state index < -0.39 is 0 Å². The summed E-state index contributed by atoms with van der Waals surface area (Å²) in [6, 6.07) is 14.4. The zero-order valence-corrected chi connectivity index (χ0v) is 17.1. The van der Waals surface area contributed by atoms with Gasteiger partial charge in [-0.05, 0) is 35.9 Å². The zero-order valence-electron chi connectivity index (χ0n) is 17.1. The predicted octanol–water partition coefficient (Wildman–Crippen LogP) is 2.88. The van der Waals surface area contributed by atoms with Crippen molar-refractivity contribution in [3.63, 3.8) is 0 Å². The fourth-order valence-corrected chi connectivity index (χ4v) is 4.78. The Labute approximate surface area is 175 Å². The van der Waals surface area contributed by atoms with Crippen molar-refractivity contribution in [2.45, 2.75) is 19.6 Å². The van der Waals surface area contributed by atoms with Crippen LogP contribution in [-0.4, -0.2) is 48.2 Å². The normalized spacial score (nSPS) is 15.2. The lowest BCUT2D eigenvalue weighted by Crippen LogP contribution is -2.36. The zero-order chi connectivity index (χ0) is 20.7. The van der Waals surface area contributed by atoms with Gasteiger partial charge < -0.3 is 29.2 Å². The Morgan fingerprint density at radius 2 is 1.77 bits per heavy atom. The molecule has 156 valence electrons. The highest BCUT2D eigenvalue weighted by atomic mass is 16.5. The summed E-state index contributed by atoms with van der Waals surface area (Å²) in [5.74, 6) is 0.746. The molecule has 6 heteroatoms. The fourth-order valence-electron chi connectivity index (χ4n) is 4.78. The molecular weight excluding hydrogens is 380 g/mol. The lowest BCUT2D eigenvalue weighted by molar-refractivity contribution is 0.122. The molecule has 0 radical (unpaired) electrons. The smallest absolute Gasteiger partial charge is 0.128 e. The quantitative estimate of drug-likeness (QED) is 0.534. The Morgan fingerprint density at radius 1 is 1.00 bits per heavy atom. The highest BCUT2D eigenvalue weighted by Crippen LogP contribution is 2.44. The molecule has 2 aliphatic rings. The number of aromatic nitrogens is 1. The molecule has 0 amide bonds. The van der Waals surface area contributed by atoms with Crippen LogP contribution < -0.4 is 9.64 Å². The van der Waals surface area contributed by atoms with Gasteiger partial charge in [0.2, 0.25) is 0 Å². The largest absolute Gasteiger partial charge is 0.496 e. The number of rotatable bonds is 5. The monoisotopic (exact) mass is 406 g/mol. The van der Waals surface area contributed by atoms with E-state index in [9.17, 15) is 10.2 Å². The molecule has 3 heterocycles. The molecule has 0 aliphatic carbocycles. The van der Waals surface area contributed by atoms with Gasteiger partial charge in [0.05, 0.1) is 39.2 Å². The molecule has 0 bridgehead atoms. The predicted molar refractivity (Wildman–Crippen MR) is 115 cm³/mol. The molecule has 3 aromatic rings. The van der Waals surface area contributed by atoms with Crippen LogP contribution in [0.15, 0.2) is 42.5 Å². The van der Waals surface area contributed by atoms with Crippen LogP contribution in [0.25, 0.3) is 16.9 Å². The highest BCUT2D eigenvalue weighted by molar-refractivity contribution is 5.78. The Balaban J connectivity index is 1.68. The molecule has 30 heavy (non-hydrogen) atoms. The van der Waals surface area contributed by atoms with Gasteiger partial charge in [0, 0.05) is 53.3 Å². The maximum Gasteiger partial charge on any atom is 0.128 e. The standard InChI is InChI=1S/C24H26N2O4/c1-29-23-5-3-2-4-18(23)24-20(15-28)19(14-27)22-13-16-12-17(6-7-21(16)26(22)24)25-8-10-30-11-9-25/h2-7,12,27-28H,8-11,13-15H2,1H3. The number of hydrogen-bond acceptors (Lipinski definition) is 5. The van der Waals surface area contributed by atoms with Crippen LogP contribution in [0.5, 0.6) is 5.75 Å². The number of fused-ring (bicyclic) bond motifs is 3. The summed E-state index contributed by atoms with van der Waals surface area (Å²) in [5, 5.41) is 20.4. The number of hydrogen-bond donors (Lipinski definition) is 2. The van der Waals surface area contributed by atoms with E-state index in [-0.39, 0.29) is 13.2 Å². The summed E-state index contributed by atoms with van der Waals surface area (Å²) in [6.07, 6.45) is 0.728. The Morgan fingerprint density at radius 3 is 2.50 bits per heavy atom. The fraction of sp³-hybridized carbons (Fsp3) is 0.333. The van der Waals surface area contributed by atoms with E-state index in [0.29, 0.717) is 0 Å². The molecule has 0 spiro atoms. The van der Waals surface area contributed by atoms with Crippen LogP contribution in [0.1, 0.15) is 22.4 Å².